The van der Waals surface area contributed by atoms with E-state index in [9.17, 15) is 4.79 Å². The van der Waals surface area contributed by atoms with E-state index in [-0.39, 0.29) is 0 Å². The molecule has 2 aliphatic rings. The van der Waals surface area contributed by atoms with Crippen molar-refractivity contribution in [3.63, 3.8) is 0 Å². The van der Waals surface area contributed by atoms with Crippen LogP contribution < -0.4 is 0 Å². The van der Waals surface area contributed by atoms with Crippen molar-refractivity contribution >= 4 is 17.7 Å². The number of carboxylic acids is 1. The van der Waals surface area contributed by atoms with Crippen LogP contribution in [0.2, 0.25) is 0 Å². The second-order valence-electron chi connectivity index (χ2n) is 5.77. The molecule has 0 saturated carbocycles. The van der Waals surface area contributed by atoms with Gasteiger partial charge in [-0.3, -0.25) is 9.69 Å². The molecule has 0 amide bonds. The number of nitrogens with zero attached hydrogens (tertiary/aromatic N) is 1. The molecule has 3 rings (SSSR count). The highest BCUT2D eigenvalue weighted by Gasteiger charge is 2.31. The van der Waals surface area contributed by atoms with Crippen LogP contribution >= 0.6 is 11.8 Å². The topological polar surface area (TPSA) is 40.5 Å². The zero-order chi connectivity index (χ0) is 13.9. The maximum atomic E-state index is 10.7. The first kappa shape index (κ1) is 14.0. The molecule has 3 nitrogen and oxygen atoms in total. The second kappa shape index (κ2) is 6.19. The lowest BCUT2D eigenvalue weighted by Gasteiger charge is -2.33. The van der Waals surface area contributed by atoms with E-state index in [1.165, 1.54) is 22.6 Å². The number of carboxylic acid groups (broad SMARTS) is 1. The maximum absolute atomic E-state index is 10.7. The smallest absolute Gasteiger partial charge is 0.303 e. The fraction of sp³-hybridized carbons (Fsp3) is 0.562. The number of likely N-dealkylation sites (tertiary alicyclic amines) is 1. The predicted molar refractivity (Wildman–Crippen MR) is 81.1 cm³/mol. The first-order chi connectivity index (χ1) is 9.74. The first-order valence-corrected chi connectivity index (χ1v) is 8.40. The van der Waals surface area contributed by atoms with Crippen LogP contribution in [0.5, 0.6) is 0 Å². The van der Waals surface area contributed by atoms with Gasteiger partial charge < -0.3 is 5.11 Å². The van der Waals surface area contributed by atoms with Gasteiger partial charge in [-0.15, -0.1) is 11.8 Å². The zero-order valence-corrected chi connectivity index (χ0v) is 12.4. The van der Waals surface area contributed by atoms with Gasteiger partial charge in [-0.2, -0.15) is 0 Å². The molecule has 0 spiro atoms. The fourth-order valence-electron chi connectivity index (χ4n) is 3.41. The lowest BCUT2D eigenvalue weighted by atomic mass is 10.0. The molecule has 0 aromatic heterocycles. The van der Waals surface area contributed by atoms with Gasteiger partial charge in [0.2, 0.25) is 0 Å². The summed E-state index contributed by atoms with van der Waals surface area (Å²) in [4.78, 5) is 14.7. The van der Waals surface area contributed by atoms with Crippen molar-refractivity contribution < 1.29 is 9.90 Å². The summed E-state index contributed by atoms with van der Waals surface area (Å²) in [5, 5.41) is 8.80. The van der Waals surface area contributed by atoms with Crippen molar-refractivity contribution in [1.82, 2.24) is 4.90 Å². The SMILES string of the molecule is O=C(O)CCC1CCN(C2CCSc3ccccc32)C1. The van der Waals surface area contributed by atoms with E-state index in [4.69, 9.17) is 5.11 Å². The van der Waals surface area contributed by atoms with Gasteiger partial charge in [-0.1, -0.05) is 18.2 Å². The predicted octanol–water partition coefficient (Wildman–Crippen LogP) is 3.41. The summed E-state index contributed by atoms with van der Waals surface area (Å²) >= 11 is 1.96. The molecule has 2 heterocycles. The zero-order valence-electron chi connectivity index (χ0n) is 11.6. The van der Waals surface area contributed by atoms with E-state index in [1.54, 1.807) is 0 Å². The number of benzene rings is 1. The Kier molecular flexibility index (Phi) is 4.32. The molecule has 1 aromatic rings. The second-order valence-corrected chi connectivity index (χ2v) is 6.91. The fourth-order valence-corrected chi connectivity index (χ4v) is 4.52. The molecular weight excluding hydrogens is 270 g/mol. The van der Waals surface area contributed by atoms with Gasteiger partial charge in [0.25, 0.3) is 0 Å². The van der Waals surface area contributed by atoms with E-state index in [0.717, 1.165) is 25.9 Å². The standard InChI is InChI=1S/C16H21NO2S/c18-16(19)6-5-12-7-9-17(11-12)14-8-10-20-15-4-2-1-3-13(14)15/h1-4,12,14H,5-11H2,(H,18,19). The molecular formula is C16H21NO2S. The van der Waals surface area contributed by atoms with Gasteiger partial charge >= 0.3 is 5.97 Å². The molecule has 1 aromatic carbocycles. The highest BCUT2D eigenvalue weighted by molar-refractivity contribution is 7.99. The van der Waals surface area contributed by atoms with Crippen LogP contribution in [0, 0.1) is 5.92 Å². The van der Waals surface area contributed by atoms with Crippen molar-refractivity contribution in [1.29, 1.82) is 0 Å². The van der Waals surface area contributed by atoms with Crippen LogP contribution in [-0.2, 0) is 4.79 Å². The lowest BCUT2D eigenvalue weighted by molar-refractivity contribution is -0.137. The molecule has 0 aliphatic carbocycles. The minimum atomic E-state index is -0.664. The van der Waals surface area contributed by atoms with E-state index < -0.39 is 5.97 Å². The summed E-state index contributed by atoms with van der Waals surface area (Å²) in [5.41, 5.74) is 1.47. The number of fused-ring (bicyclic) bond motifs is 1. The molecule has 20 heavy (non-hydrogen) atoms. The van der Waals surface area contributed by atoms with E-state index in [2.05, 4.69) is 29.2 Å². The summed E-state index contributed by atoms with van der Waals surface area (Å²) in [6.07, 6.45) is 3.51. The van der Waals surface area contributed by atoms with Gasteiger partial charge in [0, 0.05) is 23.9 Å². The summed E-state index contributed by atoms with van der Waals surface area (Å²) < 4.78 is 0. The Morgan fingerprint density at radius 2 is 2.20 bits per heavy atom. The third kappa shape index (κ3) is 3.01. The lowest BCUT2D eigenvalue weighted by Crippen LogP contribution is -2.29. The summed E-state index contributed by atoms with van der Waals surface area (Å²) in [6.45, 7) is 2.19. The number of rotatable bonds is 4. The summed E-state index contributed by atoms with van der Waals surface area (Å²) in [7, 11) is 0. The minimum absolute atomic E-state index is 0.315. The number of thioether (sulfide) groups is 1. The van der Waals surface area contributed by atoms with Crippen molar-refractivity contribution in [3.05, 3.63) is 29.8 Å². The van der Waals surface area contributed by atoms with Crippen LogP contribution in [0.4, 0.5) is 0 Å². The average Bonchev–Trinajstić information content (AvgIpc) is 2.93. The summed E-state index contributed by atoms with van der Waals surface area (Å²) in [5.74, 6) is 1.09. The molecule has 2 aliphatic heterocycles. The molecule has 0 radical (unpaired) electrons. The van der Waals surface area contributed by atoms with Crippen LogP contribution in [0.3, 0.4) is 0 Å². The largest absolute Gasteiger partial charge is 0.481 e. The molecule has 1 saturated heterocycles. The Hall–Kier alpha value is -1.00. The molecule has 1 N–H and O–H groups in total. The minimum Gasteiger partial charge on any atom is -0.481 e. The third-order valence-corrected chi connectivity index (χ3v) is 5.57. The molecule has 0 bridgehead atoms. The van der Waals surface area contributed by atoms with Crippen molar-refractivity contribution in [2.45, 2.75) is 36.6 Å². The number of hydrogen-bond donors (Lipinski definition) is 1. The van der Waals surface area contributed by atoms with Gasteiger partial charge in [0.05, 0.1) is 0 Å². The summed E-state index contributed by atoms with van der Waals surface area (Å²) in [6, 6.07) is 9.28. The van der Waals surface area contributed by atoms with E-state index >= 15 is 0 Å². The van der Waals surface area contributed by atoms with Crippen LogP contribution in [0.25, 0.3) is 0 Å². The van der Waals surface area contributed by atoms with Gasteiger partial charge in [0.1, 0.15) is 0 Å². The van der Waals surface area contributed by atoms with E-state index in [0.29, 0.717) is 18.4 Å². The highest BCUT2D eigenvalue weighted by Crippen LogP contribution is 2.41. The Balaban J connectivity index is 1.65. The average molecular weight is 291 g/mol. The monoisotopic (exact) mass is 291 g/mol. The Morgan fingerprint density at radius 3 is 3.05 bits per heavy atom. The van der Waals surface area contributed by atoms with Crippen LogP contribution in [0.1, 0.15) is 37.3 Å². The first-order valence-electron chi connectivity index (χ1n) is 7.41. The molecule has 4 heteroatoms. The van der Waals surface area contributed by atoms with E-state index in [1.807, 2.05) is 11.8 Å². The Morgan fingerprint density at radius 1 is 1.35 bits per heavy atom. The Labute approximate surface area is 124 Å². The molecule has 2 unspecified atom stereocenters. The maximum Gasteiger partial charge on any atom is 0.303 e. The van der Waals surface area contributed by atoms with Crippen molar-refractivity contribution in [2.75, 3.05) is 18.8 Å². The van der Waals surface area contributed by atoms with Gasteiger partial charge in [-0.05, 0) is 49.1 Å². The van der Waals surface area contributed by atoms with Crippen molar-refractivity contribution in [3.8, 4) is 0 Å². The van der Waals surface area contributed by atoms with Crippen molar-refractivity contribution in [2.24, 2.45) is 5.92 Å². The quantitative estimate of drug-likeness (QED) is 0.923. The normalized spacial score (nSPS) is 26.4. The number of aliphatic carboxylic acids is 1. The molecule has 108 valence electrons. The van der Waals surface area contributed by atoms with Crippen LogP contribution in [0.15, 0.2) is 29.2 Å². The molecule has 1 fully saturated rings. The number of hydrogen-bond acceptors (Lipinski definition) is 3. The van der Waals surface area contributed by atoms with Gasteiger partial charge in [-0.25, -0.2) is 0 Å². The Bertz CT molecular complexity index is 491. The number of carbonyl (C=O) groups is 1. The van der Waals surface area contributed by atoms with Crippen LogP contribution in [-0.4, -0.2) is 34.8 Å². The highest BCUT2D eigenvalue weighted by atomic mass is 32.2. The third-order valence-electron chi connectivity index (χ3n) is 4.45. The molecule has 2 atom stereocenters. The van der Waals surface area contributed by atoms with Gasteiger partial charge in [0.15, 0.2) is 0 Å².